The number of carbonyl (C=O) groups is 1. The van der Waals surface area contributed by atoms with Crippen LogP contribution in [0.25, 0.3) is 5.69 Å². The van der Waals surface area contributed by atoms with Gasteiger partial charge in [0.15, 0.2) is 5.78 Å². The number of nitrogens with zero attached hydrogens (tertiary/aromatic N) is 2. The van der Waals surface area contributed by atoms with E-state index in [1.165, 1.54) is 0 Å². The predicted octanol–water partition coefficient (Wildman–Crippen LogP) is 3.74. The average molecular weight is 263 g/mol. The Morgan fingerprint density at radius 1 is 1.39 bits per heavy atom. The maximum Gasteiger partial charge on any atom is 0.162 e. The van der Waals surface area contributed by atoms with E-state index in [4.69, 9.17) is 11.6 Å². The molecule has 0 aliphatic heterocycles. The van der Waals surface area contributed by atoms with Gasteiger partial charge in [-0.1, -0.05) is 30.7 Å². The van der Waals surface area contributed by atoms with E-state index < -0.39 is 0 Å². The second-order valence-electron chi connectivity index (χ2n) is 4.22. The van der Waals surface area contributed by atoms with Gasteiger partial charge >= 0.3 is 0 Å². The first-order valence-corrected chi connectivity index (χ1v) is 6.27. The zero-order valence-electron chi connectivity index (χ0n) is 10.7. The Morgan fingerprint density at radius 3 is 2.67 bits per heavy atom. The summed E-state index contributed by atoms with van der Waals surface area (Å²) >= 11 is 6.13. The molecule has 1 heterocycles. The van der Waals surface area contributed by atoms with Crippen molar-refractivity contribution in [3.63, 3.8) is 0 Å². The van der Waals surface area contributed by atoms with Crippen LogP contribution in [-0.2, 0) is 0 Å². The number of aryl methyl sites for hydroxylation is 1. The van der Waals surface area contributed by atoms with Gasteiger partial charge in [0.2, 0.25) is 0 Å². The second-order valence-corrected chi connectivity index (χ2v) is 4.60. The number of benzene rings is 1. The maximum absolute atomic E-state index is 11.7. The van der Waals surface area contributed by atoms with Gasteiger partial charge in [-0.2, -0.15) is 5.10 Å². The molecular formula is C14H15ClN2O. The second kappa shape index (κ2) is 4.94. The van der Waals surface area contributed by atoms with Crippen molar-refractivity contribution in [2.24, 2.45) is 0 Å². The molecule has 2 rings (SSSR count). The molecule has 94 valence electrons. The lowest BCUT2D eigenvalue weighted by Crippen LogP contribution is -2.02. The average Bonchev–Trinajstić information content (AvgIpc) is 2.66. The largest absolute Gasteiger partial charge is 0.294 e. The van der Waals surface area contributed by atoms with E-state index in [9.17, 15) is 4.79 Å². The number of Topliss-reactive ketones (excluding diaryl/α,β-unsaturated/α-hetero) is 1. The molecule has 1 aromatic heterocycles. The molecule has 0 aliphatic rings. The molecule has 0 fully saturated rings. The van der Waals surface area contributed by atoms with Crippen LogP contribution in [0.2, 0.25) is 5.02 Å². The van der Waals surface area contributed by atoms with E-state index in [0.29, 0.717) is 17.0 Å². The number of ketones is 1. The van der Waals surface area contributed by atoms with E-state index in [1.54, 1.807) is 4.68 Å². The van der Waals surface area contributed by atoms with Gasteiger partial charge in [-0.25, -0.2) is 4.68 Å². The molecule has 0 atom stereocenters. The fraction of sp³-hybridized carbons (Fsp3) is 0.286. The minimum atomic E-state index is 0.129. The Hall–Kier alpha value is -1.61. The Balaban J connectivity index is 2.51. The maximum atomic E-state index is 11.7. The molecule has 18 heavy (non-hydrogen) atoms. The van der Waals surface area contributed by atoms with Crippen molar-refractivity contribution >= 4 is 17.4 Å². The Labute approximate surface area is 111 Å². The molecule has 0 aliphatic carbocycles. The Morgan fingerprint density at radius 2 is 2.11 bits per heavy atom. The quantitative estimate of drug-likeness (QED) is 0.790. The molecule has 1 aromatic carbocycles. The van der Waals surface area contributed by atoms with Crippen LogP contribution in [0.4, 0.5) is 0 Å². The standard InChI is InChI=1S/C14H15ClN2O/c1-4-13(18)11-6-5-7-12(8-11)17-10(3)14(15)9(2)16-17/h5-8H,4H2,1-3H3. The first-order chi connectivity index (χ1) is 8.54. The van der Waals surface area contributed by atoms with Crippen LogP contribution in [0.15, 0.2) is 24.3 Å². The van der Waals surface area contributed by atoms with Gasteiger partial charge in [-0.05, 0) is 26.0 Å². The molecule has 3 nitrogen and oxygen atoms in total. The highest BCUT2D eigenvalue weighted by Crippen LogP contribution is 2.22. The molecule has 0 N–H and O–H groups in total. The lowest BCUT2D eigenvalue weighted by molar-refractivity contribution is 0.0988. The summed E-state index contributed by atoms with van der Waals surface area (Å²) in [7, 11) is 0. The van der Waals surface area contributed by atoms with Gasteiger partial charge in [-0.3, -0.25) is 4.79 Å². The SMILES string of the molecule is CCC(=O)c1cccc(-n2nc(C)c(Cl)c2C)c1. The molecule has 0 saturated heterocycles. The monoisotopic (exact) mass is 262 g/mol. The number of rotatable bonds is 3. The van der Waals surface area contributed by atoms with Gasteiger partial charge < -0.3 is 0 Å². The highest BCUT2D eigenvalue weighted by molar-refractivity contribution is 6.31. The molecule has 0 bridgehead atoms. The van der Waals surface area contributed by atoms with Crippen LogP contribution in [0, 0.1) is 13.8 Å². The lowest BCUT2D eigenvalue weighted by atomic mass is 10.1. The summed E-state index contributed by atoms with van der Waals surface area (Å²) in [5.41, 5.74) is 3.25. The Kier molecular flexibility index (Phi) is 3.53. The topological polar surface area (TPSA) is 34.9 Å². The van der Waals surface area contributed by atoms with Crippen molar-refractivity contribution in [3.8, 4) is 5.69 Å². The van der Waals surface area contributed by atoms with Crippen LogP contribution in [-0.4, -0.2) is 15.6 Å². The van der Waals surface area contributed by atoms with E-state index >= 15 is 0 Å². The zero-order valence-corrected chi connectivity index (χ0v) is 11.5. The highest BCUT2D eigenvalue weighted by atomic mass is 35.5. The first-order valence-electron chi connectivity index (χ1n) is 5.90. The molecule has 0 radical (unpaired) electrons. The summed E-state index contributed by atoms with van der Waals surface area (Å²) in [5, 5.41) is 5.05. The third-order valence-electron chi connectivity index (χ3n) is 2.94. The molecule has 2 aromatic rings. The van der Waals surface area contributed by atoms with Gasteiger partial charge in [0, 0.05) is 12.0 Å². The third-order valence-corrected chi connectivity index (χ3v) is 3.48. The summed E-state index contributed by atoms with van der Waals surface area (Å²) in [4.78, 5) is 11.7. The number of hydrogen-bond acceptors (Lipinski definition) is 2. The highest BCUT2D eigenvalue weighted by Gasteiger charge is 2.11. The summed E-state index contributed by atoms with van der Waals surface area (Å²) in [5.74, 6) is 0.129. The third kappa shape index (κ3) is 2.18. The minimum Gasteiger partial charge on any atom is -0.294 e. The number of aromatic nitrogens is 2. The Bertz CT molecular complexity index is 602. The van der Waals surface area contributed by atoms with Gasteiger partial charge in [0.25, 0.3) is 0 Å². The fourth-order valence-electron chi connectivity index (χ4n) is 1.89. The van der Waals surface area contributed by atoms with Crippen LogP contribution in [0.5, 0.6) is 0 Å². The van der Waals surface area contributed by atoms with Crippen LogP contribution in [0.3, 0.4) is 0 Å². The van der Waals surface area contributed by atoms with Crippen molar-refractivity contribution in [3.05, 3.63) is 46.2 Å². The van der Waals surface area contributed by atoms with Crippen LogP contribution < -0.4 is 0 Å². The van der Waals surface area contributed by atoms with Crippen molar-refractivity contribution in [2.75, 3.05) is 0 Å². The lowest BCUT2D eigenvalue weighted by Gasteiger charge is -2.06. The summed E-state index contributed by atoms with van der Waals surface area (Å²) in [6, 6.07) is 7.45. The van der Waals surface area contributed by atoms with Crippen LogP contribution in [0.1, 0.15) is 35.1 Å². The van der Waals surface area contributed by atoms with Crippen molar-refractivity contribution in [1.82, 2.24) is 9.78 Å². The van der Waals surface area contributed by atoms with Gasteiger partial charge in [0.05, 0.1) is 22.1 Å². The molecule has 4 heteroatoms. The minimum absolute atomic E-state index is 0.129. The van der Waals surface area contributed by atoms with Crippen molar-refractivity contribution < 1.29 is 4.79 Å². The summed E-state index contributed by atoms with van der Waals surface area (Å²) < 4.78 is 1.77. The number of halogens is 1. The predicted molar refractivity (Wildman–Crippen MR) is 72.7 cm³/mol. The van der Waals surface area contributed by atoms with Crippen molar-refractivity contribution in [2.45, 2.75) is 27.2 Å². The normalized spacial score (nSPS) is 10.7. The fourth-order valence-corrected chi connectivity index (χ4v) is 2.01. The van der Waals surface area contributed by atoms with E-state index in [0.717, 1.165) is 17.1 Å². The number of carbonyl (C=O) groups excluding carboxylic acids is 1. The molecule has 0 spiro atoms. The molecular weight excluding hydrogens is 248 g/mol. The van der Waals surface area contributed by atoms with Crippen LogP contribution >= 0.6 is 11.6 Å². The first kappa shape index (κ1) is 12.8. The summed E-state index contributed by atoms with van der Waals surface area (Å²) in [6.07, 6.45) is 0.501. The van der Waals surface area contributed by atoms with E-state index in [-0.39, 0.29) is 5.78 Å². The molecule has 0 unspecified atom stereocenters. The van der Waals surface area contributed by atoms with Crippen molar-refractivity contribution in [1.29, 1.82) is 0 Å². The number of hydrogen-bond donors (Lipinski definition) is 0. The molecule has 0 saturated carbocycles. The van der Waals surface area contributed by atoms with E-state index in [2.05, 4.69) is 5.10 Å². The summed E-state index contributed by atoms with van der Waals surface area (Å²) in [6.45, 7) is 5.64. The smallest absolute Gasteiger partial charge is 0.162 e. The van der Waals surface area contributed by atoms with Gasteiger partial charge in [0.1, 0.15) is 0 Å². The molecule has 0 amide bonds. The van der Waals surface area contributed by atoms with Gasteiger partial charge in [-0.15, -0.1) is 0 Å². The van der Waals surface area contributed by atoms with E-state index in [1.807, 2.05) is 45.0 Å². The zero-order chi connectivity index (χ0) is 13.3.